The Balaban J connectivity index is 1.90. The number of nitrogens with zero attached hydrogens (tertiary/aromatic N) is 2. The zero-order valence-corrected chi connectivity index (χ0v) is 15.6. The van der Waals surface area contributed by atoms with Crippen molar-refractivity contribution in [2.75, 3.05) is 18.8 Å². The van der Waals surface area contributed by atoms with Gasteiger partial charge >= 0.3 is 0 Å². The molecule has 1 amide bonds. The summed E-state index contributed by atoms with van der Waals surface area (Å²) >= 11 is 0. The molecule has 24 heavy (non-hydrogen) atoms. The molecular formula is C16H27N3O4S. The first-order valence-electron chi connectivity index (χ1n) is 8.45. The average Bonchev–Trinajstić information content (AvgIpc) is 3.14. The van der Waals surface area contributed by atoms with Crippen LogP contribution in [0.1, 0.15) is 43.7 Å². The molecular weight excluding hydrogens is 330 g/mol. The minimum atomic E-state index is -3.21. The van der Waals surface area contributed by atoms with Crippen LogP contribution in [0.2, 0.25) is 0 Å². The van der Waals surface area contributed by atoms with Gasteiger partial charge in [0.2, 0.25) is 15.9 Å². The zero-order valence-electron chi connectivity index (χ0n) is 14.8. The Morgan fingerprint density at radius 1 is 1.46 bits per heavy atom. The molecule has 2 unspecified atom stereocenters. The van der Waals surface area contributed by atoms with E-state index in [1.165, 1.54) is 4.31 Å². The second kappa shape index (κ2) is 7.65. The second-order valence-electron chi connectivity index (χ2n) is 6.46. The molecule has 0 radical (unpaired) electrons. The van der Waals surface area contributed by atoms with Gasteiger partial charge in [-0.2, -0.15) is 4.31 Å². The molecule has 8 heteroatoms. The molecule has 0 spiro atoms. The maximum Gasteiger partial charge on any atom is 0.223 e. The largest absolute Gasteiger partial charge is 0.361 e. The van der Waals surface area contributed by atoms with E-state index in [0.717, 1.165) is 29.9 Å². The van der Waals surface area contributed by atoms with Crippen molar-refractivity contribution in [2.24, 2.45) is 5.92 Å². The van der Waals surface area contributed by atoms with Gasteiger partial charge in [0.15, 0.2) is 0 Å². The van der Waals surface area contributed by atoms with Crippen LogP contribution in [-0.4, -0.2) is 48.7 Å². The molecule has 1 aliphatic heterocycles. The van der Waals surface area contributed by atoms with Crippen LogP contribution in [0.3, 0.4) is 0 Å². The Labute approximate surface area is 143 Å². The molecule has 136 valence electrons. The highest BCUT2D eigenvalue weighted by Crippen LogP contribution is 2.21. The normalized spacial score (nSPS) is 20.2. The van der Waals surface area contributed by atoms with E-state index < -0.39 is 10.0 Å². The Bertz CT molecular complexity index is 664. The minimum Gasteiger partial charge on any atom is -0.361 e. The van der Waals surface area contributed by atoms with E-state index in [4.69, 9.17) is 4.52 Å². The molecule has 2 heterocycles. The summed E-state index contributed by atoms with van der Waals surface area (Å²) < 4.78 is 30.8. The first kappa shape index (κ1) is 18.9. The Morgan fingerprint density at radius 3 is 2.75 bits per heavy atom. The number of aryl methyl sites for hydroxylation is 2. The third-order valence-electron chi connectivity index (χ3n) is 4.70. The lowest BCUT2D eigenvalue weighted by Gasteiger charge is -2.24. The van der Waals surface area contributed by atoms with Crippen molar-refractivity contribution < 1.29 is 17.7 Å². The Morgan fingerprint density at radius 2 is 2.17 bits per heavy atom. The second-order valence-corrected chi connectivity index (χ2v) is 8.67. The van der Waals surface area contributed by atoms with Gasteiger partial charge in [-0.05, 0) is 40.0 Å². The van der Waals surface area contributed by atoms with Gasteiger partial charge in [0.25, 0.3) is 0 Å². The summed E-state index contributed by atoms with van der Waals surface area (Å²) in [6, 6.07) is -0.134. The van der Waals surface area contributed by atoms with Crippen LogP contribution in [0, 0.1) is 19.8 Å². The number of nitrogens with one attached hydrogen (secondary N) is 1. The van der Waals surface area contributed by atoms with Crippen LogP contribution in [0.5, 0.6) is 0 Å². The molecule has 0 aromatic carbocycles. The van der Waals surface area contributed by atoms with Gasteiger partial charge in [-0.1, -0.05) is 12.1 Å². The van der Waals surface area contributed by atoms with Gasteiger partial charge in [-0.15, -0.1) is 0 Å². The van der Waals surface area contributed by atoms with E-state index in [0.29, 0.717) is 19.5 Å². The van der Waals surface area contributed by atoms with Crippen LogP contribution in [0.15, 0.2) is 4.52 Å². The van der Waals surface area contributed by atoms with Crippen molar-refractivity contribution in [2.45, 2.75) is 53.0 Å². The first-order valence-corrected chi connectivity index (χ1v) is 10.1. The molecule has 0 bridgehead atoms. The first-order chi connectivity index (χ1) is 11.3. The standard InChI is InChI=1S/C16H27N3O4S/c1-5-24(21,22)19-8-6-7-14(19)10-17-16(20)11(2)9-15-12(3)18-23-13(15)4/h11,14H,5-10H2,1-4H3,(H,17,20). The molecule has 7 nitrogen and oxygen atoms in total. The highest BCUT2D eigenvalue weighted by Gasteiger charge is 2.33. The van der Waals surface area contributed by atoms with Gasteiger partial charge in [0.05, 0.1) is 11.4 Å². The maximum absolute atomic E-state index is 12.3. The van der Waals surface area contributed by atoms with Gasteiger partial charge in [-0.25, -0.2) is 8.42 Å². The molecule has 1 N–H and O–H groups in total. The average molecular weight is 357 g/mol. The fraction of sp³-hybridized carbons (Fsp3) is 0.750. The zero-order chi connectivity index (χ0) is 17.9. The Hall–Kier alpha value is -1.41. The van der Waals surface area contributed by atoms with Crippen LogP contribution < -0.4 is 5.32 Å². The quantitative estimate of drug-likeness (QED) is 0.796. The van der Waals surface area contributed by atoms with Crippen LogP contribution >= 0.6 is 0 Å². The molecule has 2 atom stereocenters. The summed E-state index contributed by atoms with van der Waals surface area (Å²) in [6.45, 7) is 8.12. The number of amides is 1. The molecule has 1 saturated heterocycles. The van der Waals surface area contributed by atoms with Crippen LogP contribution in [0.25, 0.3) is 0 Å². The van der Waals surface area contributed by atoms with E-state index in [1.54, 1.807) is 6.92 Å². The predicted octanol–water partition coefficient (Wildman–Crippen LogP) is 1.40. The highest BCUT2D eigenvalue weighted by atomic mass is 32.2. The smallest absolute Gasteiger partial charge is 0.223 e. The molecule has 2 rings (SSSR count). The minimum absolute atomic E-state index is 0.0734. The highest BCUT2D eigenvalue weighted by molar-refractivity contribution is 7.89. The Kier molecular flexibility index (Phi) is 6.03. The number of rotatable bonds is 7. The van der Waals surface area contributed by atoms with E-state index in [2.05, 4.69) is 10.5 Å². The number of carbonyl (C=O) groups excluding carboxylic acids is 1. The lowest BCUT2D eigenvalue weighted by molar-refractivity contribution is -0.124. The van der Waals surface area contributed by atoms with Crippen molar-refractivity contribution in [3.63, 3.8) is 0 Å². The summed E-state index contributed by atoms with van der Waals surface area (Å²) in [7, 11) is -3.21. The topological polar surface area (TPSA) is 92.5 Å². The van der Waals surface area contributed by atoms with Crippen molar-refractivity contribution in [3.8, 4) is 0 Å². The van der Waals surface area contributed by atoms with Crippen molar-refractivity contribution in [1.82, 2.24) is 14.8 Å². The number of hydrogen-bond donors (Lipinski definition) is 1. The maximum atomic E-state index is 12.3. The SMILES string of the molecule is CCS(=O)(=O)N1CCCC1CNC(=O)C(C)Cc1c(C)noc1C. The van der Waals surface area contributed by atoms with E-state index in [1.807, 2.05) is 20.8 Å². The number of aromatic nitrogens is 1. The fourth-order valence-corrected chi connectivity index (χ4v) is 4.50. The van der Waals surface area contributed by atoms with Crippen molar-refractivity contribution >= 4 is 15.9 Å². The van der Waals surface area contributed by atoms with E-state index >= 15 is 0 Å². The monoisotopic (exact) mass is 357 g/mol. The fourth-order valence-electron chi connectivity index (χ4n) is 3.13. The van der Waals surface area contributed by atoms with E-state index in [9.17, 15) is 13.2 Å². The molecule has 0 aliphatic carbocycles. The molecule has 0 saturated carbocycles. The van der Waals surface area contributed by atoms with Crippen LogP contribution in [-0.2, 0) is 21.2 Å². The van der Waals surface area contributed by atoms with Gasteiger partial charge < -0.3 is 9.84 Å². The third-order valence-corrected chi connectivity index (χ3v) is 6.62. The van der Waals surface area contributed by atoms with E-state index in [-0.39, 0.29) is 23.6 Å². The summed E-state index contributed by atoms with van der Waals surface area (Å²) in [4.78, 5) is 12.3. The third kappa shape index (κ3) is 4.16. The summed E-state index contributed by atoms with van der Waals surface area (Å²) in [5.41, 5.74) is 1.77. The number of carbonyl (C=O) groups is 1. The lowest BCUT2D eigenvalue weighted by Crippen LogP contribution is -2.44. The molecule has 1 aromatic heterocycles. The molecule has 1 aromatic rings. The molecule has 1 aliphatic rings. The lowest BCUT2D eigenvalue weighted by atomic mass is 9.99. The molecule has 1 fully saturated rings. The summed E-state index contributed by atoms with van der Waals surface area (Å²) in [5.74, 6) is 0.540. The van der Waals surface area contributed by atoms with Crippen LogP contribution in [0.4, 0.5) is 0 Å². The predicted molar refractivity (Wildman–Crippen MR) is 91.0 cm³/mol. The van der Waals surface area contributed by atoms with Gasteiger partial charge in [-0.3, -0.25) is 4.79 Å². The summed E-state index contributed by atoms with van der Waals surface area (Å²) in [6.07, 6.45) is 2.20. The number of hydrogen-bond acceptors (Lipinski definition) is 5. The van der Waals surface area contributed by atoms with Gasteiger partial charge in [0, 0.05) is 30.6 Å². The van der Waals surface area contributed by atoms with Gasteiger partial charge in [0.1, 0.15) is 5.76 Å². The number of sulfonamides is 1. The van der Waals surface area contributed by atoms with Crippen molar-refractivity contribution in [1.29, 1.82) is 0 Å². The van der Waals surface area contributed by atoms with Crippen molar-refractivity contribution in [3.05, 3.63) is 17.0 Å². The summed E-state index contributed by atoms with van der Waals surface area (Å²) in [5, 5.41) is 6.81.